The van der Waals surface area contributed by atoms with Crippen LogP contribution in [-0.2, 0) is 11.3 Å². The molecule has 1 amide bonds. The van der Waals surface area contributed by atoms with E-state index in [1.54, 1.807) is 6.08 Å². The lowest BCUT2D eigenvalue weighted by Gasteiger charge is -2.29. The van der Waals surface area contributed by atoms with Crippen LogP contribution in [0.4, 0.5) is 0 Å². The van der Waals surface area contributed by atoms with E-state index in [-0.39, 0.29) is 11.9 Å². The number of carbonyl (C=O) groups excluding carboxylic acids is 1. The van der Waals surface area contributed by atoms with E-state index < -0.39 is 0 Å². The van der Waals surface area contributed by atoms with Crippen LogP contribution in [0.2, 0.25) is 0 Å². The van der Waals surface area contributed by atoms with Gasteiger partial charge in [0.2, 0.25) is 5.91 Å². The van der Waals surface area contributed by atoms with Gasteiger partial charge in [0, 0.05) is 18.8 Å². The number of rotatable bonds is 3. The van der Waals surface area contributed by atoms with Crippen molar-refractivity contribution in [3.8, 4) is 0 Å². The highest BCUT2D eigenvalue weighted by molar-refractivity contribution is 5.94. The quantitative estimate of drug-likeness (QED) is 0.857. The summed E-state index contributed by atoms with van der Waals surface area (Å²) in [6.45, 7) is 2.87. The van der Waals surface area contributed by atoms with Crippen molar-refractivity contribution in [1.29, 1.82) is 0 Å². The van der Waals surface area contributed by atoms with Crippen LogP contribution < -0.4 is 5.73 Å². The highest BCUT2D eigenvalue weighted by Gasteiger charge is 2.15. The molecular formula is C14H16N2O. The van der Waals surface area contributed by atoms with E-state index in [2.05, 4.69) is 24.0 Å². The maximum Gasteiger partial charge on any atom is 0.250 e. The van der Waals surface area contributed by atoms with Crippen molar-refractivity contribution in [2.24, 2.45) is 5.73 Å². The lowest BCUT2D eigenvalue weighted by molar-refractivity contribution is -0.114. The molecule has 0 aromatic heterocycles. The molecule has 1 atom stereocenters. The van der Waals surface area contributed by atoms with Crippen LogP contribution >= 0.6 is 0 Å². The molecule has 1 aliphatic heterocycles. The van der Waals surface area contributed by atoms with Crippen LogP contribution in [0.25, 0.3) is 0 Å². The van der Waals surface area contributed by atoms with Crippen LogP contribution in [0.3, 0.4) is 0 Å². The molecule has 0 bridgehead atoms. The van der Waals surface area contributed by atoms with Crippen LogP contribution in [0.5, 0.6) is 0 Å². The van der Waals surface area contributed by atoms with Crippen LogP contribution in [-0.4, -0.2) is 16.8 Å². The Labute approximate surface area is 101 Å². The molecular weight excluding hydrogens is 212 g/mol. The van der Waals surface area contributed by atoms with E-state index in [0.717, 1.165) is 6.54 Å². The minimum atomic E-state index is -0.383. The Bertz CT molecular complexity index is 462. The molecule has 1 aliphatic rings. The molecule has 1 unspecified atom stereocenters. The summed E-state index contributed by atoms with van der Waals surface area (Å²) in [7, 11) is 0. The Morgan fingerprint density at radius 2 is 2.06 bits per heavy atom. The fourth-order valence-corrected chi connectivity index (χ4v) is 1.82. The molecule has 1 aromatic carbocycles. The fraction of sp³-hybridized carbons (Fsp3) is 0.214. The summed E-state index contributed by atoms with van der Waals surface area (Å²) in [5.41, 5.74) is 7.06. The Morgan fingerprint density at radius 3 is 2.71 bits per heavy atom. The number of benzene rings is 1. The highest BCUT2D eigenvalue weighted by Crippen LogP contribution is 2.16. The molecule has 2 N–H and O–H groups in total. The maximum absolute atomic E-state index is 11.1. The number of nitrogens with zero attached hydrogens (tertiary/aromatic N) is 1. The Morgan fingerprint density at radius 1 is 1.35 bits per heavy atom. The molecule has 0 saturated heterocycles. The second kappa shape index (κ2) is 4.87. The summed E-state index contributed by atoms with van der Waals surface area (Å²) in [6, 6.07) is 10.4. The summed E-state index contributed by atoms with van der Waals surface area (Å²) < 4.78 is 0. The van der Waals surface area contributed by atoms with E-state index in [1.165, 1.54) is 5.56 Å². The Hall–Kier alpha value is -2.03. The predicted octanol–water partition coefficient (Wildman–Crippen LogP) is 1.82. The van der Waals surface area contributed by atoms with Gasteiger partial charge in [0.05, 0.1) is 5.57 Å². The monoisotopic (exact) mass is 228 g/mol. The van der Waals surface area contributed by atoms with Crippen molar-refractivity contribution in [1.82, 2.24) is 4.90 Å². The Balaban J connectivity index is 2.15. The number of hydrogen-bond donors (Lipinski definition) is 1. The largest absolute Gasteiger partial charge is 0.366 e. The van der Waals surface area contributed by atoms with Gasteiger partial charge < -0.3 is 10.6 Å². The van der Waals surface area contributed by atoms with Gasteiger partial charge in [-0.15, -0.1) is 0 Å². The minimum Gasteiger partial charge on any atom is -0.366 e. The van der Waals surface area contributed by atoms with Crippen molar-refractivity contribution < 1.29 is 4.79 Å². The molecule has 0 aliphatic carbocycles. The average molecular weight is 228 g/mol. The molecule has 2 rings (SSSR count). The predicted molar refractivity (Wildman–Crippen MR) is 67.9 cm³/mol. The zero-order valence-electron chi connectivity index (χ0n) is 9.84. The highest BCUT2D eigenvalue weighted by atomic mass is 16.1. The summed E-state index contributed by atoms with van der Waals surface area (Å²) in [5.74, 6) is -0.383. The molecule has 0 fully saturated rings. The number of amides is 1. The lowest BCUT2D eigenvalue weighted by atomic mass is 10.1. The topological polar surface area (TPSA) is 46.3 Å². The van der Waals surface area contributed by atoms with Crippen LogP contribution in [0.1, 0.15) is 12.5 Å². The zero-order chi connectivity index (χ0) is 12.3. The molecule has 3 nitrogen and oxygen atoms in total. The molecule has 88 valence electrons. The van der Waals surface area contributed by atoms with Gasteiger partial charge in [0.25, 0.3) is 0 Å². The van der Waals surface area contributed by atoms with Gasteiger partial charge in [-0.25, -0.2) is 0 Å². The third-order valence-electron chi connectivity index (χ3n) is 2.87. The van der Waals surface area contributed by atoms with Crippen molar-refractivity contribution in [3.05, 3.63) is 59.8 Å². The third kappa shape index (κ3) is 2.75. The van der Waals surface area contributed by atoms with Gasteiger partial charge >= 0.3 is 0 Å². The smallest absolute Gasteiger partial charge is 0.250 e. The lowest BCUT2D eigenvalue weighted by Crippen LogP contribution is -2.30. The van der Waals surface area contributed by atoms with Gasteiger partial charge in [-0.1, -0.05) is 36.4 Å². The van der Waals surface area contributed by atoms with Gasteiger partial charge in [-0.3, -0.25) is 4.79 Å². The van der Waals surface area contributed by atoms with Crippen molar-refractivity contribution >= 4 is 5.91 Å². The van der Waals surface area contributed by atoms with Crippen LogP contribution in [0.15, 0.2) is 54.3 Å². The molecule has 3 heteroatoms. The fourth-order valence-electron chi connectivity index (χ4n) is 1.82. The summed E-state index contributed by atoms with van der Waals surface area (Å²) >= 11 is 0. The van der Waals surface area contributed by atoms with E-state index in [4.69, 9.17) is 5.73 Å². The third-order valence-corrected chi connectivity index (χ3v) is 2.87. The van der Waals surface area contributed by atoms with Crippen molar-refractivity contribution in [2.45, 2.75) is 19.5 Å². The van der Waals surface area contributed by atoms with E-state index in [1.807, 2.05) is 30.5 Å². The first-order valence-corrected chi connectivity index (χ1v) is 5.66. The van der Waals surface area contributed by atoms with Gasteiger partial charge in [0.1, 0.15) is 0 Å². The Kier molecular flexibility index (Phi) is 3.28. The molecule has 17 heavy (non-hydrogen) atoms. The number of hydrogen-bond acceptors (Lipinski definition) is 2. The first kappa shape index (κ1) is 11.5. The summed E-state index contributed by atoms with van der Waals surface area (Å²) in [4.78, 5) is 13.2. The number of carbonyl (C=O) groups is 1. The van der Waals surface area contributed by atoms with Crippen LogP contribution in [0, 0.1) is 0 Å². The summed E-state index contributed by atoms with van der Waals surface area (Å²) in [6.07, 6.45) is 5.61. The number of primary amides is 1. The first-order valence-electron chi connectivity index (χ1n) is 5.66. The second-order valence-electron chi connectivity index (χ2n) is 4.21. The standard InChI is InChI=1S/C14H16N2O/c1-11-7-8-13(14(15)17)10-16(11)9-12-5-3-2-4-6-12/h2-8,10-11H,9H2,1H3,(H2,15,17). The van der Waals surface area contributed by atoms with Crippen molar-refractivity contribution in [2.75, 3.05) is 0 Å². The number of nitrogens with two attached hydrogens (primary N) is 1. The molecule has 0 radical (unpaired) electrons. The SMILES string of the molecule is CC1C=CC(C(N)=O)=CN1Cc1ccccc1. The zero-order valence-corrected chi connectivity index (χ0v) is 9.84. The van der Waals surface area contributed by atoms with E-state index in [0.29, 0.717) is 5.57 Å². The molecule has 0 spiro atoms. The van der Waals surface area contributed by atoms with E-state index >= 15 is 0 Å². The van der Waals surface area contributed by atoms with E-state index in [9.17, 15) is 4.79 Å². The second-order valence-corrected chi connectivity index (χ2v) is 4.21. The van der Waals surface area contributed by atoms with Gasteiger partial charge in [-0.2, -0.15) is 0 Å². The van der Waals surface area contributed by atoms with Gasteiger partial charge in [-0.05, 0) is 18.6 Å². The maximum atomic E-state index is 11.1. The molecule has 1 heterocycles. The van der Waals surface area contributed by atoms with Gasteiger partial charge in [0.15, 0.2) is 0 Å². The molecule has 0 saturated carbocycles. The first-order chi connectivity index (χ1) is 8.16. The molecule has 1 aromatic rings. The average Bonchev–Trinajstić information content (AvgIpc) is 2.33. The minimum absolute atomic E-state index is 0.276. The van der Waals surface area contributed by atoms with Crippen molar-refractivity contribution in [3.63, 3.8) is 0 Å². The normalized spacial score (nSPS) is 19.0. The summed E-state index contributed by atoms with van der Waals surface area (Å²) in [5, 5.41) is 0.